The van der Waals surface area contributed by atoms with Crippen LogP contribution in [0, 0.1) is 0 Å². The van der Waals surface area contributed by atoms with Crippen molar-refractivity contribution in [3.8, 4) is 0 Å². The standard InChI is InChI=1S/C19H27NO/c21-18-8-4-3-7-17(18)20-13-11-19(12-14-20)10-9-15-5-1-2-6-16(15)19/h1-2,5-6,17-18,21H,3-4,7-14H2/t17-,18-/m1/s1. The van der Waals surface area contributed by atoms with E-state index in [2.05, 4.69) is 29.2 Å². The zero-order chi connectivity index (χ0) is 14.3. The normalized spacial score (nSPS) is 32.2. The summed E-state index contributed by atoms with van der Waals surface area (Å²) in [4.78, 5) is 2.59. The van der Waals surface area contributed by atoms with Gasteiger partial charge in [-0.2, -0.15) is 0 Å². The van der Waals surface area contributed by atoms with E-state index in [1.807, 2.05) is 0 Å². The van der Waals surface area contributed by atoms with E-state index in [0.717, 1.165) is 6.42 Å². The second-order valence-corrected chi connectivity index (χ2v) is 7.39. The summed E-state index contributed by atoms with van der Waals surface area (Å²) in [5.41, 5.74) is 3.67. The first-order chi connectivity index (χ1) is 10.3. The molecule has 1 N–H and O–H groups in total. The van der Waals surface area contributed by atoms with Crippen LogP contribution in [0.3, 0.4) is 0 Å². The van der Waals surface area contributed by atoms with Crippen molar-refractivity contribution in [2.45, 2.75) is 68.9 Å². The summed E-state index contributed by atoms with van der Waals surface area (Å²) in [6, 6.07) is 9.52. The molecule has 0 bridgehead atoms. The summed E-state index contributed by atoms with van der Waals surface area (Å²) in [6.45, 7) is 2.35. The van der Waals surface area contributed by atoms with Crippen molar-refractivity contribution in [3.63, 3.8) is 0 Å². The van der Waals surface area contributed by atoms with Crippen LogP contribution in [-0.2, 0) is 11.8 Å². The van der Waals surface area contributed by atoms with Gasteiger partial charge in [0.05, 0.1) is 6.10 Å². The van der Waals surface area contributed by atoms with Crippen LogP contribution in [0.1, 0.15) is 56.1 Å². The molecule has 2 heteroatoms. The van der Waals surface area contributed by atoms with Crippen LogP contribution in [0.4, 0.5) is 0 Å². The molecular weight excluding hydrogens is 258 g/mol. The SMILES string of the molecule is O[C@@H]1CCCC[C@H]1N1CCC2(CCc3ccccc32)CC1. The van der Waals surface area contributed by atoms with Crippen molar-refractivity contribution >= 4 is 0 Å². The van der Waals surface area contributed by atoms with Crippen molar-refractivity contribution in [2.75, 3.05) is 13.1 Å². The molecule has 21 heavy (non-hydrogen) atoms. The summed E-state index contributed by atoms with van der Waals surface area (Å²) < 4.78 is 0. The predicted molar refractivity (Wildman–Crippen MR) is 85.5 cm³/mol. The fraction of sp³-hybridized carbons (Fsp3) is 0.684. The maximum absolute atomic E-state index is 10.3. The highest BCUT2D eigenvalue weighted by molar-refractivity contribution is 5.39. The lowest BCUT2D eigenvalue weighted by molar-refractivity contribution is -0.000269. The fourth-order valence-electron chi connectivity index (χ4n) is 5.08. The van der Waals surface area contributed by atoms with E-state index in [1.165, 1.54) is 58.0 Å². The van der Waals surface area contributed by atoms with E-state index in [0.29, 0.717) is 11.5 Å². The Hall–Kier alpha value is -0.860. The summed E-state index contributed by atoms with van der Waals surface area (Å²) in [7, 11) is 0. The second kappa shape index (κ2) is 5.40. The Morgan fingerprint density at radius 2 is 1.76 bits per heavy atom. The molecule has 3 aliphatic rings. The molecule has 2 nitrogen and oxygen atoms in total. The van der Waals surface area contributed by atoms with Crippen molar-refractivity contribution in [1.29, 1.82) is 0 Å². The number of aliphatic hydroxyl groups is 1. The Labute approximate surface area is 128 Å². The first-order valence-electron chi connectivity index (χ1n) is 8.79. The summed E-state index contributed by atoms with van der Waals surface area (Å²) in [5, 5.41) is 10.3. The smallest absolute Gasteiger partial charge is 0.0695 e. The highest BCUT2D eigenvalue weighted by Gasteiger charge is 2.42. The molecule has 1 saturated carbocycles. The maximum atomic E-state index is 10.3. The molecule has 1 aromatic carbocycles. The molecule has 2 atom stereocenters. The van der Waals surface area contributed by atoms with Gasteiger partial charge in [0, 0.05) is 6.04 Å². The van der Waals surface area contributed by atoms with E-state index in [-0.39, 0.29) is 6.10 Å². The minimum atomic E-state index is -0.0799. The average Bonchev–Trinajstić information content (AvgIpc) is 2.88. The number of aryl methyl sites for hydroxylation is 1. The number of piperidine rings is 1. The lowest BCUT2D eigenvalue weighted by Gasteiger charge is -2.45. The Bertz CT molecular complexity index is 504. The number of fused-ring (bicyclic) bond motifs is 2. The molecule has 4 rings (SSSR count). The lowest BCUT2D eigenvalue weighted by atomic mass is 9.73. The predicted octanol–water partition coefficient (Wildman–Crippen LogP) is 3.27. The minimum Gasteiger partial charge on any atom is -0.391 e. The van der Waals surface area contributed by atoms with Crippen LogP contribution in [0.25, 0.3) is 0 Å². The first-order valence-corrected chi connectivity index (χ1v) is 8.79. The number of likely N-dealkylation sites (tertiary alicyclic amines) is 1. The van der Waals surface area contributed by atoms with Gasteiger partial charge in [-0.05, 0) is 68.2 Å². The van der Waals surface area contributed by atoms with Crippen molar-refractivity contribution in [2.24, 2.45) is 0 Å². The van der Waals surface area contributed by atoms with Gasteiger partial charge in [0.15, 0.2) is 0 Å². The van der Waals surface area contributed by atoms with E-state index >= 15 is 0 Å². The number of nitrogens with zero attached hydrogens (tertiary/aromatic N) is 1. The number of hydrogen-bond acceptors (Lipinski definition) is 2. The van der Waals surface area contributed by atoms with E-state index < -0.39 is 0 Å². The quantitative estimate of drug-likeness (QED) is 0.856. The Morgan fingerprint density at radius 1 is 1.00 bits per heavy atom. The van der Waals surface area contributed by atoms with Gasteiger partial charge < -0.3 is 5.11 Å². The van der Waals surface area contributed by atoms with Crippen LogP contribution < -0.4 is 0 Å². The lowest BCUT2D eigenvalue weighted by Crippen LogP contribution is -2.51. The van der Waals surface area contributed by atoms with Gasteiger partial charge in [-0.3, -0.25) is 4.90 Å². The topological polar surface area (TPSA) is 23.5 Å². The monoisotopic (exact) mass is 285 g/mol. The molecule has 1 spiro atoms. The Kier molecular flexibility index (Phi) is 3.55. The first kappa shape index (κ1) is 13.8. The zero-order valence-electron chi connectivity index (χ0n) is 12.9. The molecule has 0 aromatic heterocycles. The third-order valence-corrected chi connectivity index (χ3v) is 6.38. The molecule has 1 saturated heterocycles. The molecule has 1 aromatic rings. The van der Waals surface area contributed by atoms with Crippen LogP contribution in [0.5, 0.6) is 0 Å². The molecule has 114 valence electrons. The van der Waals surface area contributed by atoms with Crippen LogP contribution in [0.15, 0.2) is 24.3 Å². The van der Waals surface area contributed by atoms with Crippen molar-refractivity contribution in [3.05, 3.63) is 35.4 Å². The molecule has 0 unspecified atom stereocenters. The van der Waals surface area contributed by atoms with Gasteiger partial charge >= 0.3 is 0 Å². The number of benzene rings is 1. The highest BCUT2D eigenvalue weighted by atomic mass is 16.3. The van der Waals surface area contributed by atoms with Gasteiger partial charge in [0.25, 0.3) is 0 Å². The molecule has 1 aliphatic heterocycles. The van der Waals surface area contributed by atoms with Gasteiger partial charge in [0.2, 0.25) is 0 Å². The van der Waals surface area contributed by atoms with Crippen LogP contribution >= 0.6 is 0 Å². The summed E-state index contributed by atoms with van der Waals surface area (Å²) >= 11 is 0. The molecular formula is C19H27NO. The van der Waals surface area contributed by atoms with Crippen LogP contribution in [0.2, 0.25) is 0 Å². The molecule has 2 fully saturated rings. The molecule has 0 radical (unpaired) electrons. The van der Waals surface area contributed by atoms with Gasteiger partial charge in [-0.15, -0.1) is 0 Å². The van der Waals surface area contributed by atoms with Crippen molar-refractivity contribution in [1.82, 2.24) is 4.90 Å². The van der Waals surface area contributed by atoms with E-state index in [4.69, 9.17) is 0 Å². The third-order valence-electron chi connectivity index (χ3n) is 6.38. The molecule has 2 aliphatic carbocycles. The minimum absolute atomic E-state index is 0.0799. The van der Waals surface area contributed by atoms with Gasteiger partial charge in [-0.25, -0.2) is 0 Å². The van der Waals surface area contributed by atoms with E-state index in [9.17, 15) is 5.11 Å². The number of aliphatic hydroxyl groups excluding tert-OH is 1. The van der Waals surface area contributed by atoms with Gasteiger partial charge in [-0.1, -0.05) is 37.1 Å². The maximum Gasteiger partial charge on any atom is 0.0695 e. The highest BCUT2D eigenvalue weighted by Crippen LogP contribution is 2.46. The largest absolute Gasteiger partial charge is 0.391 e. The number of hydrogen-bond donors (Lipinski definition) is 1. The van der Waals surface area contributed by atoms with Crippen LogP contribution in [-0.4, -0.2) is 35.2 Å². The number of rotatable bonds is 1. The molecule has 0 amide bonds. The Morgan fingerprint density at radius 3 is 2.57 bits per heavy atom. The zero-order valence-corrected chi connectivity index (χ0v) is 12.9. The summed E-state index contributed by atoms with van der Waals surface area (Å²) in [5.74, 6) is 0. The van der Waals surface area contributed by atoms with E-state index in [1.54, 1.807) is 11.1 Å². The fourth-order valence-corrected chi connectivity index (χ4v) is 5.08. The van der Waals surface area contributed by atoms with Crippen molar-refractivity contribution < 1.29 is 5.11 Å². The average molecular weight is 285 g/mol. The Balaban J connectivity index is 1.48. The molecule has 1 heterocycles. The third kappa shape index (κ3) is 2.33. The van der Waals surface area contributed by atoms with Gasteiger partial charge in [0.1, 0.15) is 0 Å². The second-order valence-electron chi connectivity index (χ2n) is 7.39. The summed E-state index contributed by atoms with van der Waals surface area (Å²) in [6.07, 6.45) is 9.81.